The molecule has 0 aliphatic carbocycles. The molecule has 0 amide bonds. The first-order valence-corrected chi connectivity index (χ1v) is 10.7. The number of fused-ring (bicyclic) bond motifs is 10. The Labute approximate surface area is 163 Å². The van der Waals surface area contributed by atoms with E-state index in [1.807, 2.05) is 12.1 Å². The average molecular weight is 356 g/mol. The molecule has 27 heavy (non-hydrogen) atoms. The number of benzene rings is 4. The third kappa shape index (κ3) is 1.78. The van der Waals surface area contributed by atoms with Crippen molar-refractivity contribution in [2.45, 2.75) is 19.6 Å². The third-order valence-corrected chi connectivity index (χ3v) is 9.71. The van der Waals surface area contributed by atoms with Crippen molar-refractivity contribution in [1.82, 2.24) is 0 Å². The first kappa shape index (κ1) is 15.4. The molecule has 0 unspecified atom stereocenters. The van der Waals surface area contributed by atoms with E-state index in [4.69, 9.17) is 15.7 Å². The molecule has 1 spiro atoms. The highest BCUT2D eigenvalue weighted by molar-refractivity contribution is 8.34. The van der Waals surface area contributed by atoms with Crippen molar-refractivity contribution in [3.05, 3.63) is 84.9 Å². The van der Waals surface area contributed by atoms with Crippen LogP contribution in [0.25, 0.3) is 22.3 Å². The Hall–Kier alpha value is -2.64. The van der Waals surface area contributed by atoms with Gasteiger partial charge in [0.2, 0.25) is 0 Å². The number of hydrogen-bond acceptors (Lipinski definition) is 0. The molecule has 2 aliphatic heterocycles. The summed E-state index contributed by atoms with van der Waals surface area (Å²) in [6, 6.07) is 30.3. The lowest BCUT2D eigenvalue weighted by atomic mass is 9.91. The molecular formula is C24H14B2S. The fourth-order valence-electron chi connectivity index (χ4n) is 4.65. The quantitative estimate of drug-likeness (QED) is 0.350. The van der Waals surface area contributed by atoms with Crippen LogP contribution in [0, 0.1) is 0 Å². The minimum absolute atomic E-state index is 0.809. The second-order valence-electron chi connectivity index (χ2n) is 7.12. The van der Waals surface area contributed by atoms with Gasteiger partial charge in [-0.15, -0.1) is 10.0 Å². The predicted octanol–water partition coefficient (Wildman–Crippen LogP) is 4.58. The zero-order valence-corrected chi connectivity index (χ0v) is 15.5. The van der Waals surface area contributed by atoms with Crippen LogP contribution in [-0.2, 0) is 0 Å². The largest absolute Gasteiger partial charge is 0.130 e. The molecule has 6 rings (SSSR count). The van der Waals surface area contributed by atoms with Crippen LogP contribution in [0.1, 0.15) is 0 Å². The molecule has 0 nitrogen and oxygen atoms in total. The summed E-state index contributed by atoms with van der Waals surface area (Å²) in [5, 5.41) is 0. The van der Waals surface area contributed by atoms with Gasteiger partial charge in [0, 0.05) is 19.6 Å². The smallest absolute Gasteiger partial charge is 0.113 e. The molecule has 4 aromatic rings. The van der Waals surface area contributed by atoms with Crippen LogP contribution in [0.4, 0.5) is 0 Å². The van der Waals surface area contributed by atoms with Crippen molar-refractivity contribution in [1.29, 1.82) is 0 Å². The number of hydrogen-bond donors (Lipinski definition) is 0. The minimum atomic E-state index is -1.57. The van der Waals surface area contributed by atoms with Crippen LogP contribution in [0.5, 0.6) is 0 Å². The second-order valence-corrected chi connectivity index (χ2v) is 10.1. The van der Waals surface area contributed by atoms with Gasteiger partial charge < -0.3 is 0 Å². The van der Waals surface area contributed by atoms with Crippen LogP contribution in [-0.4, -0.2) is 15.7 Å². The van der Waals surface area contributed by atoms with Crippen molar-refractivity contribution in [2.75, 3.05) is 0 Å². The lowest BCUT2D eigenvalue weighted by Gasteiger charge is -2.36. The van der Waals surface area contributed by atoms with E-state index in [0.29, 0.717) is 0 Å². The summed E-state index contributed by atoms with van der Waals surface area (Å²) in [4.78, 5) is 5.45. The lowest BCUT2D eigenvalue weighted by Crippen LogP contribution is -2.06. The second kappa shape index (κ2) is 5.21. The van der Waals surface area contributed by atoms with Gasteiger partial charge in [0.05, 0.1) is 0 Å². The topological polar surface area (TPSA) is 0 Å². The molecule has 0 aromatic heterocycles. The van der Waals surface area contributed by atoms with E-state index in [0.717, 1.165) is 10.9 Å². The molecule has 0 fully saturated rings. The van der Waals surface area contributed by atoms with E-state index in [1.54, 1.807) is 0 Å². The van der Waals surface area contributed by atoms with E-state index >= 15 is 0 Å². The maximum Gasteiger partial charge on any atom is 0.113 e. The fraction of sp³-hybridized carbons (Fsp3) is 0. The Morgan fingerprint density at radius 1 is 0.444 bits per heavy atom. The Balaban J connectivity index is 1.88. The predicted molar refractivity (Wildman–Crippen MR) is 115 cm³/mol. The molecule has 122 valence electrons. The summed E-state index contributed by atoms with van der Waals surface area (Å²) in [5.74, 6) is 0. The van der Waals surface area contributed by atoms with Crippen LogP contribution in [0.15, 0.2) is 105 Å². The number of rotatable bonds is 0. The van der Waals surface area contributed by atoms with E-state index < -0.39 is 10.0 Å². The molecule has 0 N–H and O–H groups in total. The molecule has 0 bridgehead atoms. The summed E-state index contributed by atoms with van der Waals surface area (Å²) in [6.07, 6.45) is 0. The Morgan fingerprint density at radius 2 is 0.852 bits per heavy atom. The highest BCUT2D eigenvalue weighted by Gasteiger charge is 2.47. The van der Waals surface area contributed by atoms with Gasteiger partial charge in [0.15, 0.2) is 0 Å². The summed E-state index contributed by atoms with van der Waals surface area (Å²) in [5.41, 5.74) is 6.83. The van der Waals surface area contributed by atoms with Gasteiger partial charge in [0.1, 0.15) is 15.7 Å². The van der Waals surface area contributed by atoms with Crippen molar-refractivity contribution in [3.8, 4) is 22.3 Å². The maximum atomic E-state index is 6.28. The van der Waals surface area contributed by atoms with E-state index in [-0.39, 0.29) is 0 Å². The molecule has 3 heteroatoms. The Kier molecular flexibility index (Phi) is 2.97. The molecule has 4 aromatic carbocycles. The highest BCUT2D eigenvalue weighted by atomic mass is 32.3. The van der Waals surface area contributed by atoms with Crippen molar-refractivity contribution < 1.29 is 0 Å². The van der Waals surface area contributed by atoms with Gasteiger partial charge in [-0.1, -0.05) is 83.7 Å². The van der Waals surface area contributed by atoms with Gasteiger partial charge in [-0.25, -0.2) is 0 Å². The van der Waals surface area contributed by atoms with Crippen molar-refractivity contribution in [2.24, 2.45) is 0 Å². The molecule has 4 radical (unpaired) electrons. The van der Waals surface area contributed by atoms with Crippen molar-refractivity contribution in [3.63, 3.8) is 0 Å². The molecule has 0 saturated heterocycles. The summed E-state index contributed by atoms with van der Waals surface area (Å²) in [6.45, 7) is 0. The lowest BCUT2D eigenvalue weighted by molar-refractivity contribution is 1.38. The molecule has 2 heterocycles. The van der Waals surface area contributed by atoms with E-state index in [1.165, 1.54) is 41.8 Å². The van der Waals surface area contributed by atoms with Gasteiger partial charge in [-0.3, -0.25) is 0 Å². The normalized spacial score (nSPS) is 15.7. The standard InChI is InChI=1S/C24H14B2S/c25-15-9-11-19-20-12-10-16(26)14-24(20)27(23(19)13-15)21-7-3-1-5-17(21)18-6-2-4-8-22(18)27/h1-14H. The molecule has 0 atom stereocenters. The van der Waals surface area contributed by atoms with E-state index in [9.17, 15) is 0 Å². The zero-order chi connectivity index (χ0) is 18.2. The summed E-state index contributed by atoms with van der Waals surface area (Å²) in [7, 11) is 11.0. The molecule has 0 saturated carbocycles. The maximum absolute atomic E-state index is 6.28. The fourth-order valence-corrected chi connectivity index (χ4v) is 9.30. The van der Waals surface area contributed by atoms with Gasteiger partial charge in [0.25, 0.3) is 0 Å². The SMILES string of the molecule is [B]c1ccc2c(c1)S1(c3ccccc3-c3ccccc31)c1cc([B])ccc1-2. The third-order valence-electron chi connectivity index (χ3n) is 5.69. The minimum Gasteiger partial charge on any atom is -0.130 e. The van der Waals surface area contributed by atoms with Crippen LogP contribution in [0.2, 0.25) is 0 Å². The van der Waals surface area contributed by atoms with Crippen molar-refractivity contribution >= 4 is 36.6 Å². The zero-order valence-electron chi connectivity index (χ0n) is 14.6. The Morgan fingerprint density at radius 3 is 1.33 bits per heavy atom. The highest BCUT2D eigenvalue weighted by Crippen LogP contribution is 2.84. The first-order chi connectivity index (χ1) is 13.2. The van der Waals surface area contributed by atoms with Crippen LogP contribution >= 0.6 is 10.0 Å². The summed E-state index contributed by atoms with van der Waals surface area (Å²) >= 11 is 0. The molecule has 2 aliphatic rings. The Bertz CT molecular complexity index is 1160. The monoisotopic (exact) mass is 356 g/mol. The molecular weight excluding hydrogens is 342 g/mol. The summed E-state index contributed by atoms with van der Waals surface area (Å²) < 4.78 is 0. The van der Waals surface area contributed by atoms with Gasteiger partial charge in [-0.2, -0.15) is 0 Å². The first-order valence-electron chi connectivity index (χ1n) is 9.02. The van der Waals surface area contributed by atoms with Crippen LogP contribution in [0.3, 0.4) is 0 Å². The van der Waals surface area contributed by atoms with Crippen LogP contribution < -0.4 is 10.9 Å². The van der Waals surface area contributed by atoms with E-state index in [2.05, 4.69) is 72.8 Å². The van der Waals surface area contributed by atoms with Gasteiger partial charge >= 0.3 is 0 Å². The van der Waals surface area contributed by atoms with Gasteiger partial charge in [-0.05, 0) is 34.4 Å². The average Bonchev–Trinajstić information content (AvgIpc) is 3.14.